The number of nitrogens with zero attached hydrogens (tertiary/aromatic N) is 3. The number of fused-ring (bicyclic) bond motifs is 1. The molecule has 6 nitrogen and oxygen atoms in total. The molecule has 148 valence electrons. The highest BCUT2D eigenvalue weighted by Gasteiger charge is 2.21. The van der Waals surface area contributed by atoms with Gasteiger partial charge in [-0.15, -0.1) is 11.3 Å². The Labute approximate surface area is 180 Å². The number of anilines is 2. The largest absolute Gasteiger partial charge is 0.495 e. The van der Waals surface area contributed by atoms with Gasteiger partial charge in [-0.1, -0.05) is 35.5 Å². The van der Waals surface area contributed by atoms with Gasteiger partial charge in [-0.3, -0.25) is 9.69 Å². The van der Waals surface area contributed by atoms with E-state index in [4.69, 9.17) is 20.8 Å². The quantitative estimate of drug-likeness (QED) is 0.343. The molecule has 2 heterocycles. The average Bonchev–Trinajstić information content (AvgIpc) is 3.33. The smallest absolute Gasteiger partial charge is 0.257 e. The highest BCUT2D eigenvalue weighted by atomic mass is 35.5. The number of hydrogen-bond acceptors (Lipinski definition) is 7. The molecule has 0 fully saturated rings. The molecule has 0 saturated heterocycles. The third-order valence-electron chi connectivity index (χ3n) is 4.05. The van der Waals surface area contributed by atoms with Crippen LogP contribution in [0.1, 0.15) is 12.6 Å². The summed E-state index contributed by atoms with van der Waals surface area (Å²) < 4.78 is 11.1. The molecule has 0 radical (unpaired) electrons. The van der Waals surface area contributed by atoms with Gasteiger partial charge >= 0.3 is 0 Å². The van der Waals surface area contributed by atoms with E-state index in [-0.39, 0.29) is 5.91 Å². The summed E-state index contributed by atoms with van der Waals surface area (Å²) in [7, 11) is 1.58. The number of oxazole rings is 1. The first-order chi connectivity index (χ1) is 14.0. The van der Waals surface area contributed by atoms with Crippen molar-refractivity contribution < 1.29 is 13.9 Å². The van der Waals surface area contributed by atoms with Crippen molar-refractivity contribution >= 4 is 62.5 Å². The van der Waals surface area contributed by atoms with E-state index >= 15 is 0 Å². The Morgan fingerprint density at radius 2 is 2.10 bits per heavy atom. The maximum atomic E-state index is 12.3. The van der Waals surface area contributed by atoms with Gasteiger partial charge < -0.3 is 9.15 Å². The number of methoxy groups -OCH3 is 1. The zero-order valence-electron chi connectivity index (χ0n) is 15.6. The van der Waals surface area contributed by atoms with Gasteiger partial charge in [-0.25, -0.2) is 9.97 Å². The maximum Gasteiger partial charge on any atom is 0.257 e. The summed E-state index contributed by atoms with van der Waals surface area (Å²) in [5, 5.41) is 3.67. The number of thiazole rings is 1. The van der Waals surface area contributed by atoms with E-state index in [1.165, 1.54) is 30.0 Å². The Bertz CT molecular complexity index is 1170. The maximum absolute atomic E-state index is 12.3. The minimum absolute atomic E-state index is 0.140. The molecule has 0 aliphatic carbocycles. The topological polar surface area (TPSA) is 68.5 Å². The predicted molar refractivity (Wildman–Crippen MR) is 117 cm³/mol. The lowest BCUT2D eigenvalue weighted by Crippen LogP contribution is -2.23. The minimum Gasteiger partial charge on any atom is -0.495 e. The van der Waals surface area contributed by atoms with E-state index in [0.717, 1.165) is 11.2 Å². The first-order valence-corrected chi connectivity index (χ1v) is 10.9. The lowest BCUT2D eigenvalue weighted by atomic mass is 10.2. The first-order valence-electron chi connectivity index (χ1n) is 8.62. The lowest BCUT2D eigenvalue weighted by molar-refractivity contribution is -0.115. The van der Waals surface area contributed by atoms with Crippen LogP contribution in [0.25, 0.3) is 11.1 Å². The number of thioether (sulfide) groups is 1. The van der Waals surface area contributed by atoms with Crippen LogP contribution < -0.4 is 9.64 Å². The number of benzene rings is 2. The molecule has 9 heteroatoms. The molecule has 0 bridgehead atoms. The average molecular weight is 446 g/mol. The van der Waals surface area contributed by atoms with Crippen LogP contribution in [0.15, 0.2) is 57.5 Å². The van der Waals surface area contributed by atoms with Gasteiger partial charge in [0.05, 0.1) is 18.5 Å². The molecular weight excluding hydrogens is 430 g/mol. The summed E-state index contributed by atoms with van der Waals surface area (Å²) in [6, 6.07) is 12.7. The minimum atomic E-state index is -0.140. The van der Waals surface area contributed by atoms with Crippen molar-refractivity contribution in [2.45, 2.75) is 17.9 Å². The van der Waals surface area contributed by atoms with E-state index in [9.17, 15) is 4.79 Å². The fourth-order valence-electron chi connectivity index (χ4n) is 2.76. The Kier molecular flexibility index (Phi) is 5.75. The Balaban J connectivity index is 1.53. The van der Waals surface area contributed by atoms with Crippen LogP contribution in [0.4, 0.5) is 10.8 Å². The third kappa shape index (κ3) is 4.24. The molecule has 0 unspecified atom stereocenters. The third-order valence-corrected chi connectivity index (χ3v) is 6.02. The molecule has 0 saturated carbocycles. The summed E-state index contributed by atoms with van der Waals surface area (Å²) in [5.41, 5.74) is 2.90. The van der Waals surface area contributed by atoms with Crippen molar-refractivity contribution in [1.82, 2.24) is 9.97 Å². The molecule has 29 heavy (non-hydrogen) atoms. The van der Waals surface area contributed by atoms with Gasteiger partial charge in [0, 0.05) is 23.1 Å². The second kappa shape index (κ2) is 8.44. The van der Waals surface area contributed by atoms with Crippen molar-refractivity contribution in [3.63, 3.8) is 0 Å². The van der Waals surface area contributed by atoms with Crippen molar-refractivity contribution in [3.05, 3.63) is 58.6 Å². The molecule has 4 aromatic rings. The molecular formula is C20H16ClN3O3S2. The second-order valence-corrected chi connectivity index (χ2v) is 8.23. The van der Waals surface area contributed by atoms with E-state index in [0.29, 0.717) is 38.1 Å². The number of carbonyl (C=O) groups excluding carboxylic acids is 1. The number of carbonyl (C=O) groups is 1. The molecule has 0 atom stereocenters. The standard InChI is InChI=1S/C20H16ClN3O3S2/c1-12(25)24(16-5-3-4-6-18(16)26-2)19-22-14(10-28-19)11-29-20-23-15-9-13(21)7-8-17(15)27-20/h3-10H,11H2,1-2H3. The van der Waals surface area contributed by atoms with E-state index in [1.807, 2.05) is 29.6 Å². The number of halogens is 1. The van der Waals surface area contributed by atoms with Crippen molar-refractivity contribution in [1.29, 1.82) is 0 Å². The molecule has 4 rings (SSSR count). The molecule has 0 spiro atoms. The van der Waals surface area contributed by atoms with Crippen molar-refractivity contribution in [2.24, 2.45) is 0 Å². The summed E-state index contributed by atoms with van der Waals surface area (Å²) in [6.45, 7) is 1.51. The highest BCUT2D eigenvalue weighted by molar-refractivity contribution is 7.98. The SMILES string of the molecule is COc1ccccc1N(C(C)=O)c1nc(CSc2nc3cc(Cl)ccc3o2)cs1. The van der Waals surface area contributed by atoms with E-state index in [1.54, 1.807) is 30.2 Å². The van der Waals surface area contributed by atoms with Gasteiger partial charge in [0.25, 0.3) is 5.22 Å². The van der Waals surface area contributed by atoms with Crippen molar-refractivity contribution in [3.8, 4) is 5.75 Å². The lowest BCUT2D eigenvalue weighted by Gasteiger charge is -2.20. The molecule has 1 amide bonds. The number of aromatic nitrogens is 2. The van der Waals surface area contributed by atoms with Gasteiger partial charge in [-0.2, -0.15) is 0 Å². The van der Waals surface area contributed by atoms with Crippen LogP contribution in [-0.2, 0) is 10.5 Å². The monoisotopic (exact) mass is 445 g/mol. The number of amides is 1. The van der Waals surface area contributed by atoms with Crippen LogP contribution in [-0.4, -0.2) is 23.0 Å². The summed E-state index contributed by atoms with van der Waals surface area (Å²) in [5.74, 6) is 1.03. The predicted octanol–water partition coefficient (Wildman–Crippen LogP) is 5.92. The Hall–Kier alpha value is -2.55. The zero-order valence-corrected chi connectivity index (χ0v) is 18.0. The molecule has 0 N–H and O–H groups in total. The molecule has 2 aromatic heterocycles. The summed E-state index contributed by atoms with van der Waals surface area (Å²) in [6.07, 6.45) is 0. The number of hydrogen-bond donors (Lipinski definition) is 0. The van der Waals surface area contributed by atoms with Crippen LogP contribution >= 0.6 is 34.7 Å². The van der Waals surface area contributed by atoms with Gasteiger partial charge in [0.1, 0.15) is 11.3 Å². The van der Waals surface area contributed by atoms with Crippen LogP contribution in [0.3, 0.4) is 0 Å². The van der Waals surface area contributed by atoms with Gasteiger partial charge in [-0.05, 0) is 30.3 Å². The van der Waals surface area contributed by atoms with Crippen LogP contribution in [0, 0.1) is 0 Å². The van der Waals surface area contributed by atoms with Crippen LogP contribution in [0.5, 0.6) is 5.75 Å². The fraction of sp³-hybridized carbons (Fsp3) is 0.150. The van der Waals surface area contributed by atoms with E-state index < -0.39 is 0 Å². The second-order valence-electron chi connectivity index (χ2n) is 6.03. The number of ether oxygens (including phenoxy) is 1. The Morgan fingerprint density at radius 3 is 2.90 bits per heavy atom. The first kappa shape index (κ1) is 19.8. The fourth-order valence-corrected chi connectivity index (χ4v) is 4.65. The zero-order chi connectivity index (χ0) is 20.4. The Morgan fingerprint density at radius 1 is 1.28 bits per heavy atom. The number of rotatable bonds is 6. The van der Waals surface area contributed by atoms with E-state index in [2.05, 4.69) is 9.97 Å². The molecule has 0 aliphatic rings. The van der Waals surface area contributed by atoms with Crippen LogP contribution in [0.2, 0.25) is 5.02 Å². The van der Waals surface area contributed by atoms with Crippen molar-refractivity contribution in [2.75, 3.05) is 12.0 Å². The molecule has 0 aliphatic heterocycles. The van der Waals surface area contributed by atoms with Gasteiger partial charge in [0.2, 0.25) is 5.91 Å². The highest BCUT2D eigenvalue weighted by Crippen LogP contribution is 2.36. The summed E-state index contributed by atoms with van der Waals surface area (Å²) >= 11 is 8.83. The molecule has 2 aromatic carbocycles. The normalized spacial score (nSPS) is 11.0. The number of para-hydroxylation sites is 2. The van der Waals surface area contributed by atoms with Gasteiger partial charge in [0.15, 0.2) is 10.7 Å². The summed E-state index contributed by atoms with van der Waals surface area (Å²) in [4.78, 5) is 22.9.